The molecule has 31 heavy (non-hydrogen) atoms. The second kappa shape index (κ2) is 7.90. The quantitative estimate of drug-likeness (QED) is 0.686. The van der Waals surface area contributed by atoms with E-state index in [1.54, 1.807) is 31.2 Å². The largest absolute Gasteiger partial charge is 0.465 e. The summed E-state index contributed by atoms with van der Waals surface area (Å²) in [5.74, 6) is 0.168. The first-order valence-electron chi connectivity index (χ1n) is 10.1. The molecular weight excluding hydrogens is 409 g/mol. The minimum Gasteiger partial charge on any atom is -0.465 e. The Hall–Kier alpha value is -3.03. The average Bonchev–Trinajstić information content (AvgIpc) is 3.32. The average molecular weight is 432 g/mol. The summed E-state index contributed by atoms with van der Waals surface area (Å²) in [7, 11) is 1.28. The number of alkyl halides is 3. The van der Waals surface area contributed by atoms with Gasteiger partial charge in [0.15, 0.2) is 0 Å². The third-order valence-electron chi connectivity index (χ3n) is 6.21. The molecule has 2 aromatic carbocycles. The first-order valence-corrected chi connectivity index (χ1v) is 10.1. The molecule has 0 spiro atoms. The molecule has 0 radical (unpaired) electrons. The predicted molar refractivity (Wildman–Crippen MR) is 110 cm³/mol. The van der Waals surface area contributed by atoms with Crippen molar-refractivity contribution in [3.8, 4) is 11.1 Å². The van der Waals surface area contributed by atoms with Crippen LogP contribution in [0.2, 0.25) is 0 Å². The molecule has 2 aliphatic rings. The Morgan fingerprint density at radius 1 is 0.968 bits per heavy atom. The summed E-state index contributed by atoms with van der Waals surface area (Å²) in [4.78, 5) is 27.3. The highest BCUT2D eigenvalue weighted by Gasteiger charge is 2.41. The lowest BCUT2D eigenvalue weighted by atomic mass is 9.98. The molecule has 0 aliphatic carbocycles. The Morgan fingerprint density at radius 2 is 1.58 bits per heavy atom. The van der Waals surface area contributed by atoms with Crippen molar-refractivity contribution in [2.24, 2.45) is 11.8 Å². The number of anilines is 1. The van der Waals surface area contributed by atoms with Crippen LogP contribution in [0.4, 0.5) is 18.9 Å². The Balaban J connectivity index is 1.67. The van der Waals surface area contributed by atoms with E-state index in [2.05, 4.69) is 4.90 Å². The van der Waals surface area contributed by atoms with Gasteiger partial charge in [0.2, 0.25) is 5.91 Å². The molecule has 0 N–H and O–H groups in total. The zero-order valence-corrected chi connectivity index (χ0v) is 17.3. The molecule has 2 atom stereocenters. The maximum absolute atomic E-state index is 13.4. The van der Waals surface area contributed by atoms with Crippen molar-refractivity contribution in [3.05, 3.63) is 53.6 Å². The van der Waals surface area contributed by atoms with Crippen LogP contribution in [-0.4, -0.2) is 50.1 Å². The highest BCUT2D eigenvalue weighted by Crippen LogP contribution is 2.41. The molecule has 8 heteroatoms. The number of carbonyl (C=O) groups is 2. The number of amides is 1. The number of halogens is 3. The van der Waals surface area contributed by atoms with E-state index < -0.39 is 17.7 Å². The standard InChI is InChI=1S/C23H23F3N2O3/c1-14(29)27-10-17-12-28(13-18(17)11-27)21-8-7-19(23(24,25)26)9-20(21)15-3-5-16(6-4-15)22(30)31-2/h3-9,17-18H,10-13H2,1-2H3/t17-,18+. The van der Waals surface area contributed by atoms with Gasteiger partial charge < -0.3 is 14.5 Å². The molecule has 2 heterocycles. The zero-order chi connectivity index (χ0) is 22.3. The van der Waals surface area contributed by atoms with Gasteiger partial charge in [0.05, 0.1) is 18.2 Å². The maximum Gasteiger partial charge on any atom is 0.416 e. The van der Waals surface area contributed by atoms with E-state index in [9.17, 15) is 22.8 Å². The van der Waals surface area contributed by atoms with Gasteiger partial charge in [-0.2, -0.15) is 13.2 Å². The van der Waals surface area contributed by atoms with Gasteiger partial charge in [-0.15, -0.1) is 0 Å². The third kappa shape index (κ3) is 4.11. The van der Waals surface area contributed by atoms with E-state index in [4.69, 9.17) is 4.74 Å². The molecule has 164 valence electrons. The fraction of sp³-hybridized carbons (Fsp3) is 0.391. The van der Waals surface area contributed by atoms with Crippen LogP contribution < -0.4 is 4.90 Å². The lowest BCUT2D eigenvalue weighted by Crippen LogP contribution is -2.31. The molecule has 4 rings (SSSR count). The summed E-state index contributed by atoms with van der Waals surface area (Å²) >= 11 is 0. The van der Waals surface area contributed by atoms with Crippen LogP contribution in [0.25, 0.3) is 11.1 Å². The number of hydrogen-bond acceptors (Lipinski definition) is 4. The van der Waals surface area contributed by atoms with Crippen molar-refractivity contribution in [1.29, 1.82) is 0 Å². The highest BCUT2D eigenvalue weighted by molar-refractivity contribution is 5.90. The number of benzene rings is 2. The lowest BCUT2D eigenvalue weighted by molar-refractivity contribution is -0.137. The summed E-state index contributed by atoms with van der Waals surface area (Å²) < 4.78 is 44.9. The van der Waals surface area contributed by atoms with Crippen LogP contribution in [-0.2, 0) is 15.7 Å². The molecule has 2 saturated heterocycles. The van der Waals surface area contributed by atoms with Gasteiger partial charge in [-0.1, -0.05) is 12.1 Å². The highest BCUT2D eigenvalue weighted by atomic mass is 19.4. The van der Waals surface area contributed by atoms with Gasteiger partial charge in [0, 0.05) is 56.2 Å². The number of fused-ring (bicyclic) bond motifs is 1. The summed E-state index contributed by atoms with van der Waals surface area (Å²) in [5.41, 5.74) is 1.40. The molecule has 1 amide bonds. The van der Waals surface area contributed by atoms with Gasteiger partial charge >= 0.3 is 12.1 Å². The smallest absolute Gasteiger partial charge is 0.416 e. The number of rotatable bonds is 3. The number of hydrogen-bond donors (Lipinski definition) is 0. The number of carbonyl (C=O) groups excluding carboxylic acids is 2. The molecular formula is C23H23F3N2O3. The Morgan fingerprint density at radius 3 is 2.10 bits per heavy atom. The molecule has 0 saturated carbocycles. The number of methoxy groups -OCH3 is 1. The molecule has 2 aliphatic heterocycles. The normalized spacial score (nSPS) is 20.7. The van der Waals surface area contributed by atoms with Gasteiger partial charge in [-0.3, -0.25) is 4.79 Å². The number of ether oxygens (including phenoxy) is 1. The maximum atomic E-state index is 13.4. The Bertz CT molecular complexity index is 990. The van der Waals surface area contributed by atoms with Crippen LogP contribution in [0.5, 0.6) is 0 Å². The summed E-state index contributed by atoms with van der Waals surface area (Å²) in [6.45, 7) is 4.30. The van der Waals surface area contributed by atoms with Crippen molar-refractivity contribution in [2.45, 2.75) is 13.1 Å². The second-order valence-corrected chi connectivity index (χ2v) is 8.15. The van der Waals surface area contributed by atoms with Gasteiger partial charge in [-0.05, 0) is 35.9 Å². The van der Waals surface area contributed by atoms with Gasteiger partial charge in [-0.25, -0.2) is 4.79 Å². The summed E-state index contributed by atoms with van der Waals surface area (Å²) in [5, 5.41) is 0. The molecule has 0 bridgehead atoms. The Kier molecular flexibility index (Phi) is 5.41. The monoisotopic (exact) mass is 432 g/mol. The van der Waals surface area contributed by atoms with Crippen LogP contribution in [0.3, 0.4) is 0 Å². The van der Waals surface area contributed by atoms with E-state index in [-0.39, 0.29) is 5.91 Å². The van der Waals surface area contributed by atoms with Crippen LogP contribution in [0.15, 0.2) is 42.5 Å². The van der Waals surface area contributed by atoms with E-state index in [1.165, 1.54) is 19.2 Å². The van der Waals surface area contributed by atoms with E-state index in [0.717, 1.165) is 11.8 Å². The van der Waals surface area contributed by atoms with Crippen molar-refractivity contribution in [1.82, 2.24) is 4.90 Å². The minimum absolute atomic E-state index is 0.0573. The molecule has 5 nitrogen and oxygen atoms in total. The molecule has 2 aromatic rings. The second-order valence-electron chi connectivity index (χ2n) is 8.15. The van der Waals surface area contributed by atoms with Crippen molar-refractivity contribution in [3.63, 3.8) is 0 Å². The summed E-state index contributed by atoms with van der Waals surface area (Å²) in [6.07, 6.45) is -4.46. The van der Waals surface area contributed by atoms with Crippen molar-refractivity contribution in [2.75, 3.05) is 38.2 Å². The van der Waals surface area contributed by atoms with Crippen LogP contribution in [0.1, 0.15) is 22.8 Å². The van der Waals surface area contributed by atoms with E-state index in [0.29, 0.717) is 54.7 Å². The number of likely N-dealkylation sites (tertiary alicyclic amines) is 1. The molecule has 2 fully saturated rings. The SMILES string of the molecule is COC(=O)c1ccc(-c2cc(C(F)(F)F)ccc2N2C[C@H]3CN(C(C)=O)C[C@H]3C2)cc1. The number of esters is 1. The molecule has 0 unspecified atom stereocenters. The lowest BCUT2D eigenvalue weighted by Gasteiger charge is -2.26. The topological polar surface area (TPSA) is 49.9 Å². The number of nitrogens with zero attached hydrogens (tertiary/aromatic N) is 2. The third-order valence-corrected chi connectivity index (χ3v) is 6.21. The van der Waals surface area contributed by atoms with Crippen molar-refractivity contribution < 1.29 is 27.5 Å². The van der Waals surface area contributed by atoms with E-state index in [1.807, 2.05) is 4.90 Å². The Labute approximate surface area is 178 Å². The van der Waals surface area contributed by atoms with Crippen molar-refractivity contribution >= 4 is 17.6 Å². The van der Waals surface area contributed by atoms with Gasteiger partial charge in [0.1, 0.15) is 0 Å². The predicted octanol–water partition coefficient (Wildman–Crippen LogP) is 4.07. The van der Waals surface area contributed by atoms with Crippen LogP contribution in [0, 0.1) is 11.8 Å². The fourth-order valence-corrected chi connectivity index (χ4v) is 4.57. The van der Waals surface area contributed by atoms with E-state index >= 15 is 0 Å². The molecule has 0 aromatic heterocycles. The first-order chi connectivity index (χ1) is 14.7. The fourth-order valence-electron chi connectivity index (χ4n) is 4.57. The first kappa shape index (κ1) is 21.2. The summed E-state index contributed by atoms with van der Waals surface area (Å²) in [6, 6.07) is 10.2. The van der Waals surface area contributed by atoms with Crippen LogP contribution >= 0.6 is 0 Å². The zero-order valence-electron chi connectivity index (χ0n) is 17.3. The minimum atomic E-state index is -4.46. The van der Waals surface area contributed by atoms with Gasteiger partial charge in [0.25, 0.3) is 0 Å².